The lowest BCUT2D eigenvalue weighted by Crippen LogP contribution is -2.43. The lowest BCUT2D eigenvalue weighted by atomic mass is 9.76. The summed E-state index contributed by atoms with van der Waals surface area (Å²) in [4.78, 5) is 14.9. The van der Waals surface area contributed by atoms with Gasteiger partial charge < -0.3 is 25.0 Å². The van der Waals surface area contributed by atoms with Crippen molar-refractivity contribution in [3.8, 4) is 0 Å². The highest BCUT2D eigenvalue weighted by Gasteiger charge is 2.48. The molecule has 4 atom stereocenters. The highest BCUT2D eigenvalue weighted by atomic mass is 35.5. The second kappa shape index (κ2) is 7.28. The van der Waals surface area contributed by atoms with Crippen molar-refractivity contribution in [3.05, 3.63) is 64.1 Å². The molecule has 1 aliphatic carbocycles. The Balaban J connectivity index is 1.77. The molecule has 2 aliphatic heterocycles. The van der Waals surface area contributed by atoms with Crippen molar-refractivity contribution in [1.82, 2.24) is 4.90 Å². The smallest absolute Gasteiger partial charge is 0.174 e. The van der Waals surface area contributed by atoms with E-state index in [2.05, 4.69) is 0 Å². The Labute approximate surface area is 168 Å². The standard InChI is InChI=1S/C21H22ClNO5/c1-23-7-6-12(14(23)10-24)19-15(25)8-16(26)20-17(27)9-18(28-21(19)20)11-4-2-3-5-13(11)22/h2-5,8-9,12,14,20-21,24-26H,6-7,10H2,1H3/t12-,14+,20?,21?/m1/s1. The molecule has 28 heavy (non-hydrogen) atoms. The van der Waals surface area contributed by atoms with Crippen LogP contribution in [0.3, 0.4) is 0 Å². The molecule has 4 rings (SSSR count). The van der Waals surface area contributed by atoms with Gasteiger partial charge in [-0.25, -0.2) is 0 Å². The predicted molar refractivity (Wildman–Crippen MR) is 105 cm³/mol. The summed E-state index contributed by atoms with van der Waals surface area (Å²) in [7, 11) is 1.91. The number of rotatable bonds is 3. The zero-order valence-corrected chi connectivity index (χ0v) is 16.1. The number of benzene rings is 1. The van der Waals surface area contributed by atoms with E-state index >= 15 is 0 Å². The second-order valence-corrected chi connectivity index (χ2v) is 7.85. The number of ether oxygens (including phenoxy) is 1. The fourth-order valence-electron chi connectivity index (χ4n) is 4.45. The number of likely N-dealkylation sites (N-methyl/N-ethyl adjacent to an activating group) is 1. The first kappa shape index (κ1) is 19.1. The highest BCUT2D eigenvalue weighted by molar-refractivity contribution is 6.32. The summed E-state index contributed by atoms with van der Waals surface area (Å²) in [5.41, 5.74) is 1.11. The third kappa shape index (κ3) is 3.02. The number of hydrogen-bond acceptors (Lipinski definition) is 6. The molecule has 0 bridgehead atoms. The number of nitrogens with zero attached hydrogens (tertiary/aromatic N) is 1. The van der Waals surface area contributed by atoms with E-state index in [0.717, 1.165) is 6.54 Å². The summed E-state index contributed by atoms with van der Waals surface area (Å²) in [6, 6.07) is 6.84. The van der Waals surface area contributed by atoms with Crippen molar-refractivity contribution in [2.45, 2.75) is 18.6 Å². The normalized spacial score (nSPS) is 30.6. The topological polar surface area (TPSA) is 90.2 Å². The number of carbonyl (C=O) groups is 1. The van der Waals surface area contributed by atoms with Crippen LogP contribution in [0, 0.1) is 11.8 Å². The van der Waals surface area contributed by atoms with Crippen molar-refractivity contribution >= 4 is 23.1 Å². The van der Waals surface area contributed by atoms with Crippen molar-refractivity contribution < 1.29 is 24.9 Å². The summed E-state index contributed by atoms with van der Waals surface area (Å²) in [5.74, 6) is -1.43. The van der Waals surface area contributed by atoms with E-state index < -0.39 is 12.0 Å². The van der Waals surface area contributed by atoms with Crippen molar-refractivity contribution in [1.29, 1.82) is 0 Å². The van der Waals surface area contributed by atoms with Gasteiger partial charge in [0.1, 0.15) is 29.3 Å². The number of carbonyl (C=O) groups excluding carboxylic acids is 1. The lowest BCUT2D eigenvalue weighted by Gasteiger charge is -2.38. The van der Waals surface area contributed by atoms with Gasteiger partial charge in [0, 0.05) is 35.2 Å². The Hall–Kier alpha value is -2.28. The van der Waals surface area contributed by atoms with Crippen LogP contribution in [-0.4, -0.2) is 58.3 Å². The number of hydrogen-bond donors (Lipinski definition) is 3. The van der Waals surface area contributed by atoms with Crippen LogP contribution in [-0.2, 0) is 9.53 Å². The minimum absolute atomic E-state index is 0.0772. The molecule has 0 amide bonds. The summed E-state index contributed by atoms with van der Waals surface area (Å²) in [6.07, 6.45) is 2.43. The maximum atomic E-state index is 12.9. The van der Waals surface area contributed by atoms with Crippen LogP contribution in [0.1, 0.15) is 12.0 Å². The molecule has 2 unspecified atom stereocenters. The third-order valence-corrected chi connectivity index (χ3v) is 6.22. The van der Waals surface area contributed by atoms with Crippen LogP contribution in [0.25, 0.3) is 5.76 Å². The van der Waals surface area contributed by atoms with Gasteiger partial charge in [0.2, 0.25) is 0 Å². The molecule has 1 fully saturated rings. The average molecular weight is 404 g/mol. The Bertz CT molecular complexity index is 906. The Morgan fingerprint density at radius 3 is 2.71 bits per heavy atom. The first-order valence-electron chi connectivity index (χ1n) is 9.24. The van der Waals surface area contributed by atoms with Crippen LogP contribution in [0.4, 0.5) is 0 Å². The van der Waals surface area contributed by atoms with Gasteiger partial charge >= 0.3 is 0 Å². The number of halogens is 1. The molecule has 0 spiro atoms. The molecule has 1 saturated heterocycles. The van der Waals surface area contributed by atoms with Crippen LogP contribution in [0.15, 0.2) is 53.5 Å². The monoisotopic (exact) mass is 403 g/mol. The summed E-state index contributed by atoms with van der Waals surface area (Å²) >= 11 is 6.27. The van der Waals surface area contributed by atoms with Gasteiger partial charge in [-0.1, -0.05) is 23.7 Å². The van der Waals surface area contributed by atoms with Gasteiger partial charge in [-0.15, -0.1) is 0 Å². The number of fused-ring (bicyclic) bond motifs is 1. The van der Waals surface area contributed by atoms with Gasteiger partial charge in [-0.2, -0.15) is 0 Å². The predicted octanol–water partition coefficient (Wildman–Crippen LogP) is 2.85. The number of aliphatic hydroxyl groups excluding tert-OH is 3. The van der Waals surface area contributed by atoms with E-state index in [1.165, 1.54) is 12.2 Å². The number of allylic oxidation sites excluding steroid dienone is 2. The Morgan fingerprint density at radius 1 is 1.25 bits per heavy atom. The van der Waals surface area contributed by atoms with Gasteiger partial charge in [0.15, 0.2) is 5.78 Å². The molecular formula is C21H22ClNO5. The number of aliphatic hydroxyl groups is 3. The minimum Gasteiger partial charge on any atom is -0.511 e. The maximum Gasteiger partial charge on any atom is 0.174 e. The molecule has 2 heterocycles. The molecule has 0 aromatic heterocycles. The van der Waals surface area contributed by atoms with Crippen LogP contribution in [0.5, 0.6) is 0 Å². The van der Waals surface area contributed by atoms with Gasteiger partial charge in [0.05, 0.1) is 11.6 Å². The van der Waals surface area contributed by atoms with E-state index in [9.17, 15) is 20.1 Å². The average Bonchev–Trinajstić information content (AvgIpc) is 3.01. The first-order valence-corrected chi connectivity index (χ1v) is 9.62. The molecule has 7 heteroatoms. The van der Waals surface area contributed by atoms with E-state index in [4.69, 9.17) is 16.3 Å². The van der Waals surface area contributed by atoms with Crippen molar-refractivity contribution in [2.75, 3.05) is 20.2 Å². The highest BCUT2D eigenvalue weighted by Crippen LogP contribution is 2.44. The number of ketones is 1. The number of likely N-dealkylation sites (tertiary alicyclic amines) is 1. The van der Waals surface area contributed by atoms with Crippen LogP contribution < -0.4 is 0 Å². The van der Waals surface area contributed by atoms with E-state index in [1.54, 1.807) is 24.3 Å². The maximum absolute atomic E-state index is 12.9. The van der Waals surface area contributed by atoms with Crippen molar-refractivity contribution in [3.63, 3.8) is 0 Å². The van der Waals surface area contributed by atoms with Crippen LogP contribution >= 0.6 is 11.6 Å². The second-order valence-electron chi connectivity index (χ2n) is 7.44. The van der Waals surface area contributed by atoms with E-state index in [1.807, 2.05) is 11.9 Å². The van der Waals surface area contributed by atoms with Gasteiger partial charge in [-0.05, 0) is 32.1 Å². The molecule has 148 valence electrons. The quantitative estimate of drug-likeness (QED) is 0.719. The van der Waals surface area contributed by atoms with Crippen molar-refractivity contribution in [2.24, 2.45) is 11.8 Å². The fourth-order valence-corrected chi connectivity index (χ4v) is 4.68. The fraction of sp³-hybridized carbons (Fsp3) is 0.381. The zero-order valence-electron chi connectivity index (χ0n) is 15.4. The van der Waals surface area contributed by atoms with Gasteiger partial charge in [-0.3, -0.25) is 4.79 Å². The summed E-state index contributed by atoms with van der Waals surface area (Å²) in [5, 5.41) is 31.3. The Morgan fingerprint density at radius 2 is 2.00 bits per heavy atom. The minimum atomic E-state index is -0.914. The SMILES string of the molecule is CN1CC[C@@H](C2=C(O)C=C(O)C3C(=O)C=C(c4ccccc4Cl)OC23)[C@@H]1CO. The summed E-state index contributed by atoms with van der Waals surface area (Å²) < 4.78 is 6.16. The molecule has 0 saturated carbocycles. The summed E-state index contributed by atoms with van der Waals surface area (Å²) in [6.45, 7) is 0.674. The molecule has 0 radical (unpaired) electrons. The molecule has 6 nitrogen and oxygen atoms in total. The lowest BCUT2D eigenvalue weighted by molar-refractivity contribution is -0.122. The molecule has 1 aromatic carbocycles. The molecule has 1 aromatic rings. The largest absolute Gasteiger partial charge is 0.511 e. The first-order chi connectivity index (χ1) is 13.4. The molecular weight excluding hydrogens is 382 g/mol. The molecule has 3 aliphatic rings. The van der Waals surface area contributed by atoms with Crippen LogP contribution in [0.2, 0.25) is 5.02 Å². The third-order valence-electron chi connectivity index (χ3n) is 5.89. The van der Waals surface area contributed by atoms with Gasteiger partial charge in [0.25, 0.3) is 0 Å². The van der Waals surface area contributed by atoms with E-state index in [0.29, 0.717) is 28.3 Å². The Kier molecular flexibility index (Phi) is 4.95. The van der Waals surface area contributed by atoms with E-state index in [-0.39, 0.29) is 35.9 Å². The molecule has 3 N–H and O–H groups in total. The zero-order chi connectivity index (χ0) is 20.0.